The number of carbonyl (C=O) groups is 1. The summed E-state index contributed by atoms with van der Waals surface area (Å²) in [4.78, 5) is 23.8. The van der Waals surface area contributed by atoms with E-state index in [-0.39, 0.29) is 12.5 Å². The van der Waals surface area contributed by atoms with Crippen LogP contribution >= 0.6 is 11.6 Å². The molecule has 0 saturated heterocycles. The molecule has 0 bridgehead atoms. The molecule has 2 heterocycles. The van der Waals surface area contributed by atoms with Gasteiger partial charge in [0.05, 0.1) is 0 Å². The molecule has 3 rings (SSSR count). The lowest BCUT2D eigenvalue weighted by Gasteiger charge is -2.07. The first-order valence-corrected chi connectivity index (χ1v) is 8.80. The van der Waals surface area contributed by atoms with Gasteiger partial charge in [-0.15, -0.1) is 0 Å². The second kappa shape index (κ2) is 9.07. The van der Waals surface area contributed by atoms with Crippen LogP contribution < -0.4 is 15.6 Å². The highest BCUT2D eigenvalue weighted by molar-refractivity contribution is 6.30. The zero-order valence-corrected chi connectivity index (χ0v) is 15.2. The minimum atomic E-state index is -0.289. The molecule has 0 atom stereocenters. The smallest absolute Gasteiger partial charge is 0.269 e. The van der Waals surface area contributed by atoms with Gasteiger partial charge in [-0.25, -0.2) is 9.97 Å². The lowest BCUT2D eigenvalue weighted by Crippen LogP contribution is -2.25. The number of hydrogen-bond donors (Lipinski definition) is 3. The van der Waals surface area contributed by atoms with Crippen molar-refractivity contribution in [3.63, 3.8) is 0 Å². The van der Waals surface area contributed by atoms with Crippen LogP contribution in [0.5, 0.6) is 0 Å². The standard InChI is InChI=1S/C19H18ClN5O2/c20-14-3-1-4-15(10-14)24-18-12-21-11-17(25-18)13-5-7-22-16(9-13)19(27)23-6-2-8-26/h1,3-5,7,9-12,26H,2,6,8H2,(H,23,27)(H,24,25)/p+1. The molecule has 0 unspecified atom stereocenters. The van der Waals surface area contributed by atoms with Crippen molar-refractivity contribution in [3.05, 3.63) is 65.7 Å². The van der Waals surface area contributed by atoms with Crippen LogP contribution in [0.2, 0.25) is 5.02 Å². The summed E-state index contributed by atoms with van der Waals surface area (Å²) in [5.74, 6) is 0.322. The number of nitrogens with zero attached hydrogens (tertiary/aromatic N) is 2. The fourth-order valence-corrected chi connectivity index (χ4v) is 2.60. The Morgan fingerprint density at radius 3 is 2.93 bits per heavy atom. The van der Waals surface area contributed by atoms with E-state index in [4.69, 9.17) is 16.7 Å². The minimum Gasteiger partial charge on any atom is -0.396 e. The number of H-pyrrole nitrogens is 1. The van der Waals surface area contributed by atoms with Crippen LogP contribution in [0.1, 0.15) is 16.9 Å². The Balaban J connectivity index is 1.78. The van der Waals surface area contributed by atoms with Gasteiger partial charge in [0.1, 0.15) is 11.4 Å². The van der Waals surface area contributed by atoms with Gasteiger partial charge in [-0.05, 0) is 36.8 Å². The van der Waals surface area contributed by atoms with Gasteiger partial charge in [0, 0.05) is 35.6 Å². The Bertz CT molecular complexity index is 935. The van der Waals surface area contributed by atoms with Crippen LogP contribution in [0.15, 0.2) is 55.0 Å². The quantitative estimate of drug-likeness (QED) is 0.543. The Kier molecular flexibility index (Phi) is 6.30. The summed E-state index contributed by atoms with van der Waals surface area (Å²) in [6.45, 7) is 0.423. The van der Waals surface area contributed by atoms with E-state index < -0.39 is 0 Å². The minimum absolute atomic E-state index is 0.0277. The molecule has 0 radical (unpaired) electrons. The number of anilines is 2. The zero-order chi connectivity index (χ0) is 19.1. The summed E-state index contributed by atoms with van der Waals surface area (Å²) in [5, 5.41) is 15.3. The number of benzene rings is 1. The van der Waals surface area contributed by atoms with E-state index in [9.17, 15) is 4.79 Å². The number of hydrogen-bond acceptors (Lipinski definition) is 5. The van der Waals surface area contributed by atoms with Gasteiger partial charge < -0.3 is 15.7 Å². The van der Waals surface area contributed by atoms with Gasteiger partial charge in [-0.2, -0.15) is 0 Å². The molecule has 1 aromatic carbocycles. The molecule has 7 nitrogen and oxygen atoms in total. The molecule has 3 aromatic rings. The number of halogens is 1. The normalized spacial score (nSPS) is 10.4. The second-order valence-corrected chi connectivity index (χ2v) is 6.17. The maximum Gasteiger partial charge on any atom is 0.269 e. The van der Waals surface area contributed by atoms with Gasteiger partial charge in [0.25, 0.3) is 5.91 Å². The van der Waals surface area contributed by atoms with Crippen LogP contribution in [0, 0.1) is 0 Å². The predicted octanol–water partition coefficient (Wildman–Crippen LogP) is 2.47. The molecular formula is C19H19ClN5O2+. The van der Waals surface area contributed by atoms with Gasteiger partial charge >= 0.3 is 0 Å². The van der Waals surface area contributed by atoms with Crippen LogP contribution in [0.25, 0.3) is 11.3 Å². The van der Waals surface area contributed by atoms with E-state index in [1.54, 1.807) is 42.9 Å². The highest BCUT2D eigenvalue weighted by atomic mass is 35.5. The fourth-order valence-electron chi connectivity index (χ4n) is 2.41. The number of aliphatic hydroxyl groups excluding tert-OH is 1. The molecule has 0 aliphatic carbocycles. The first kappa shape index (κ1) is 18.8. The largest absolute Gasteiger partial charge is 0.396 e. The Morgan fingerprint density at radius 2 is 2.11 bits per heavy atom. The molecule has 0 fully saturated rings. The molecule has 0 aliphatic rings. The van der Waals surface area contributed by atoms with Crippen molar-refractivity contribution in [2.24, 2.45) is 0 Å². The van der Waals surface area contributed by atoms with Gasteiger partial charge in [0.15, 0.2) is 12.0 Å². The number of rotatable bonds is 7. The lowest BCUT2D eigenvalue weighted by molar-refractivity contribution is -0.377. The van der Waals surface area contributed by atoms with E-state index in [1.807, 2.05) is 12.1 Å². The number of aromatic amines is 1. The summed E-state index contributed by atoms with van der Waals surface area (Å²) >= 11 is 6.00. The average Bonchev–Trinajstić information content (AvgIpc) is 2.68. The summed E-state index contributed by atoms with van der Waals surface area (Å²) in [6.07, 6.45) is 5.54. The summed E-state index contributed by atoms with van der Waals surface area (Å²) < 4.78 is 0. The van der Waals surface area contributed by atoms with Crippen molar-refractivity contribution in [2.75, 3.05) is 18.5 Å². The number of amides is 1. The molecule has 2 aromatic heterocycles. The predicted molar refractivity (Wildman–Crippen MR) is 103 cm³/mol. The summed E-state index contributed by atoms with van der Waals surface area (Å²) in [5.41, 5.74) is 2.52. The van der Waals surface area contributed by atoms with Crippen molar-refractivity contribution in [3.8, 4) is 11.3 Å². The van der Waals surface area contributed by atoms with Crippen molar-refractivity contribution >= 4 is 29.0 Å². The van der Waals surface area contributed by atoms with E-state index in [0.717, 1.165) is 11.3 Å². The Labute approximate surface area is 161 Å². The first-order valence-electron chi connectivity index (χ1n) is 8.42. The molecule has 4 N–H and O–H groups in total. The Hall–Kier alpha value is -3.03. The molecule has 0 aliphatic heterocycles. The van der Waals surface area contributed by atoms with E-state index in [1.165, 1.54) is 0 Å². The average molecular weight is 385 g/mol. The number of aromatic nitrogens is 3. The topological polar surface area (TPSA) is 101 Å². The van der Waals surface area contributed by atoms with Crippen LogP contribution in [-0.2, 0) is 0 Å². The van der Waals surface area contributed by atoms with Crippen molar-refractivity contribution in [1.29, 1.82) is 0 Å². The van der Waals surface area contributed by atoms with Crippen molar-refractivity contribution < 1.29 is 14.9 Å². The Morgan fingerprint density at radius 1 is 1.22 bits per heavy atom. The van der Waals surface area contributed by atoms with Crippen molar-refractivity contribution in [1.82, 2.24) is 15.3 Å². The third-order valence-electron chi connectivity index (χ3n) is 3.69. The van der Waals surface area contributed by atoms with E-state index in [2.05, 4.69) is 25.6 Å². The number of nitrogens with one attached hydrogen (secondary N) is 3. The molecule has 0 spiro atoms. The molecule has 8 heteroatoms. The second-order valence-electron chi connectivity index (χ2n) is 5.74. The van der Waals surface area contributed by atoms with Gasteiger partial charge in [-0.3, -0.25) is 9.78 Å². The third-order valence-corrected chi connectivity index (χ3v) is 3.92. The molecule has 1 amide bonds. The highest BCUT2D eigenvalue weighted by Crippen LogP contribution is 2.21. The number of carbonyl (C=O) groups excluding carboxylic acids is 1. The SMILES string of the molecule is O=C(NCCCO)c1cc(-c2c[nH+]cc(Nc3cccc(Cl)c3)n2)ccn1. The molecular weight excluding hydrogens is 366 g/mol. The fraction of sp³-hybridized carbons (Fsp3) is 0.158. The molecule has 27 heavy (non-hydrogen) atoms. The zero-order valence-electron chi connectivity index (χ0n) is 14.4. The summed E-state index contributed by atoms with van der Waals surface area (Å²) in [7, 11) is 0. The number of pyridine rings is 1. The van der Waals surface area contributed by atoms with E-state index >= 15 is 0 Å². The van der Waals surface area contributed by atoms with Crippen molar-refractivity contribution in [2.45, 2.75) is 6.42 Å². The van der Waals surface area contributed by atoms with E-state index in [0.29, 0.717) is 35.2 Å². The third kappa shape index (κ3) is 5.22. The maximum absolute atomic E-state index is 12.1. The number of aliphatic hydroxyl groups is 1. The van der Waals surface area contributed by atoms with Crippen LogP contribution in [-0.4, -0.2) is 34.1 Å². The molecule has 138 valence electrons. The molecule has 0 saturated carbocycles. The first-order chi connectivity index (χ1) is 13.2. The van der Waals surface area contributed by atoms with Gasteiger partial charge in [-0.1, -0.05) is 17.7 Å². The maximum atomic E-state index is 12.1. The highest BCUT2D eigenvalue weighted by Gasteiger charge is 2.11. The summed E-state index contributed by atoms with van der Waals surface area (Å²) in [6, 6.07) is 10.8. The van der Waals surface area contributed by atoms with Crippen LogP contribution in [0.4, 0.5) is 11.5 Å². The monoisotopic (exact) mass is 384 g/mol. The lowest BCUT2D eigenvalue weighted by atomic mass is 10.1. The van der Waals surface area contributed by atoms with Gasteiger partial charge in [0.2, 0.25) is 6.20 Å². The van der Waals surface area contributed by atoms with Crippen LogP contribution in [0.3, 0.4) is 0 Å².